The SMILES string of the molecule is CC[C@@H]1CN(C(=O)c2cccc3c2NCCC3)CC[C@@H]1NC(=O)C1CC1. The molecule has 0 radical (unpaired) electrons. The maximum atomic E-state index is 13.2. The lowest BCUT2D eigenvalue weighted by atomic mass is 9.89. The third-order valence-electron chi connectivity index (χ3n) is 6.13. The van der Waals surface area contributed by atoms with Crippen molar-refractivity contribution in [2.45, 2.75) is 51.5 Å². The van der Waals surface area contributed by atoms with Gasteiger partial charge in [0.15, 0.2) is 0 Å². The molecule has 0 unspecified atom stereocenters. The Morgan fingerprint density at radius 2 is 2.12 bits per heavy atom. The molecular weight excluding hydrogens is 326 g/mol. The van der Waals surface area contributed by atoms with Crippen LogP contribution in [0.25, 0.3) is 0 Å². The number of amides is 2. The average Bonchev–Trinajstić information content (AvgIpc) is 3.52. The van der Waals surface area contributed by atoms with Crippen LogP contribution in [0.15, 0.2) is 18.2 Å². The van der Waals surface area contributed by atoms with Gasteiger partial charge in [-0.2, -0.15) is 0 Å². The second-order valence-electron chi connectivity index (χ2n) is 7.97. The number of fused-ring (bicyclic) bond motifs is 1. The fourth-order valence-corrected chi connectivity index (χ4v) is 4.32. The molecule has 0 aromatic heterocycles. The topological polar surface area (TPSA) is 61.4 Å². The number of nitrogens with zero attached hydrogens (tertiary/aromatic N) is 1. The number of hydrogen-bond donors (Lipinski definition) is 2. The minimum Gasteiger partial charge on any atom is -0.384 e. The van der Waals surface area contributed by atoms with Gasteiger partial charge < -0.3 is 15.5 Å². The summed E-state index contributed by atoms with van der Waals surface area (Å²) in [6, 6.07) is 6.27. The second kappa shape index (κ2) is 7.29. The van der Waals surface area contributed by atoms with E-state index in [-0.39, 0.29) is 23.8 Å². The number of carbonyl (C=O) groups is 2. The van der Waals surface area contributed by atoms with Crippen molar-refractivity contribution in [1.82, 2.24) is 10.2 Å². The second-order valence-corrected chi connectivity index (χ2v) is 7.97. The first kappa shape index (κ1) is 17.4. The fraction of sp³-hybridized carbons (Fsp3) is 0.619. The van der Waals surface area contributed by atoms with Gasteiger partial charge in [-0.25, -0.2) is 0 Å². The van der Waals surface area contributed by atoms with E-state index in [0.717, 1.165) is 62.9 Å². The fourth-order valence-electron chi connectivity index (χ4n) is 4.32. The van der Waals surface area contributed by atoms with Crippen molar-refractivity contribution in [2.75, 3.05) is 25.0 Å². The summed E-state index contributed by atoms with van der Waals surface area (Å²) >= 11 is 0. The molecule has 26 heavy (non-hydrogen) atoms. The summed E-state index contributed by atoms with van der Waals surface area (Å²) in [6.07, 6.45) is 6.05. The van der Waals surface area contributed by atoms with Gasteiger partial charge in [-0.3, -0.25) is 9.59 Å². The van der Waals surface area contributed by atoms with Crippen LogP contribution in [-0.4, -0.2) is 42.4 Å². The number of nitrogens with one attached hydrogen (secondary N) is 2. The van der Waals surface area contributed by atoms with Crippen molar-refractivity contribution in [3.63, 3.8) is 0 Å². The first-order valence-corrected chi connectivity index (χ1v) is 10.1. The van der Waals surface area contributed by atoms with E-state index in [1.54, 1.807) is 0 Å². The van der Waals surface area contributed by atoms with Crippen LogP contribution >= 0.6 is 0 Å². The Morgan fingerprint density at radius 1 is 1.27 bits per heavy atom. The molecule has 2 amide bonds. The highest BCUT2D eigenvalue weighted by molar-refractivity contribution is 6.00. The molecule has 5 nitrogen and oxygen atoms in total. The lowest BCUT2D eigenvalue weighted by Crippen LogP contribution is -2.52. The van der Waals surface area contributed by atoms with Crippen LogP contribution < -0.4 is 10.6 Å². The molecule has 0 spiro atoms. The number of hydrogen-bond acceptors (Lipinski definition) is 3. The van der Waals surface area contributed by atoms with Gasteiger partial charge in [0.2, 0.25) is 5.91 Å². The van der Waals surface area contributed by atoms with Gasteiger partial charge in [0.25, 0.3) is 5.91 Å². The Morgan fingerprint density at radius 3 is 2.88 bits per heavy atom. The Labute approximate surface area is 155 Å². The predicted octanol–water partition coefficient (Wildman–Crippen LogP) is 2.81. The minimum absolute atomic E-state index is 0.127. The first-order chi connectivity index (χ1) is 12.7. The highest BCUT2D eigenvalue weighted by atomic mass is 16.2. The van der Waals surface area contributed by atoms with Crippen LogP contribution in [0, 0.1) is 11.8 Å². The molecule has 5 heteroatoms. The Kier molecular flexibility index (Phi) is 4.88. The molecular formula is C21H29N3O2. The van der Waals surface area contributed by atoms with E-state index in [9.17, 15) is 9.59 Å². The third-order valence-corrected chi connectivity index (χ3v) is 6.13. The van der Waals surface area contributed by atoms with Gasteiger partial charge >= 0.3 is 0 Å². The number of aryl methyl sites for hydroxylation is 1. The van der Waals surface area contributed by atoms with Gasteiger partial charge in [-0.1, -0.05) is 19.1 Å². The number of carbonyl (C=O) groups excluding carboxylic acids is 2. The molecule has 2 aliphatic heterocycles. The summed E-state index contributed by atoms with van der Waals surface area (Å²) in [5.41, 5.74) is 3.08. The molecule has 2 atom stereocenters. The average molecular weight is 355 g/mol. The van der Waals surface area contributed by atoms with Gasteiger partial charge in [0.05, 0.1) is 11.3 Å². The van der Waals surface area contributed by atoms with E-state index in [1.165, 1.54) is 5.56 Å². The molecule has 1 aromatic carbocycles. The van der Waals surface area contributed by atoms with Crippen molar-refractivity contribution in [2.24, 2.45) is 11.8 Å². The Hall–Kier alpha value is -2.04. The van der Waals surface area contributed by atoms with Crippen molar-refractivity contribution in [1.29, 1.82) is 0 Å². The van der Waals surface area contributed by atoms with E-state index in [1.807, 2.05) is 17.0 Å². The van der Waals surface area contributed by atoms with E-state index >= 15 is 0 Å². The third kappa shape index (κ3) is 3.44. The molecule has 140 valence electrons. The smallest absolute Gasteiger partial charge is 0.255 e. The number of anilines is 1. The van der Waals surface area contributed by atoms with Crippen molar-refractivity contribution < 1.29 is 9.59 Å². The summed E-state index contributed by atoms with van der Waals surface area (Å²) < 4.78 is 0. The maximum absolute atomic E-state index is 13.2. The Balaban J connectivity index is 1.45. The number of piperidine rings is 1. The lowest BCUT2D eigenvalue weighted by molar-refractivity contribution is -0.123. The van der Waals surface area contributed by atoms with E-state index in [2.05, 4.69) is 23.6 Å². The van der Waals surface area contributed by atoms with Crippen molar-refractivity contribution in [3.05, 3.63) is 29.3 Å². The molecule has 0 bridgehead atoms. The normalized spacial score (nSPS) is 25.2. The lowest BCUT2D eigenvalue weighted by Gasteiger charge is -2.39. The zero-order valence-corrected chi connectivity index (χ0v) is 15.6. The minimum atomic E-state index is 0.127. The summed E-state index contributed by atoms with van der Waals surface area (Å²) in [6.45, 7) is 4.54. The first-order valence-electron chi connectivity index (χ1n) is 10.1. The molecule has 1 saturated heterocycles. The van der Waals surface area contributed by atoms with Gasteiger partial charge in [0.1, 0.15) is 0 Å². The molecule has 4 rings (SSSR count). The van der Waals surface area contributed by atoms with E-state index in [0.29, 0.717) is 12.5 Å². The van der Waals surface area contributed by atoms with Gasteiger partial charge in [-0.15, -0.1) is 0 Å². The van der Waals surface area contributed by atoms with Crippen LogP contribution in [0.3, 0.4) is 0 Å². The zero-order chi connectivity index (χ0) is 18.1. The molecule has 1 saturated carbocycles. The molecule has 2 heterocycles. The van der Waals surface area contributed by atoms with E-state index in [4.69, 9.17) is 0 Å². The predicted molar refractivity (Wildman–Crippen MR) is 102 cm³/mol. The van der Waals surface area contributed by atoms with E-state index < -0.39 is 0 Å². The summed E-state index contributed by atoms with van der Waals surface area (Å²) in [7, 11) is 0. The number of benzene rings is 1. The largest absolute Gasteiger partial charge is 0.384 e. The monoisotopic (exact) mass is 355 g/mol. The summed E-state index contributed by atoms with van der Waals surface area (Å²) in [5.74, 6) is 0.924. The van der Waals surface area contributed by atoms with Crippen molar-refractivity contribution in [3.8, 4) is 0 Å². The van der Waals surface area contributed by atoms with Crippen LogP contribution in [0.5, 0.6) is 0 Å². The maximum Gasteiger partial charge on any atom is 0.255 e. The highest BCUT2D eigenvalue weighted by Crippen LogP contribution is 2.31. The van der Waals surface area contributed by atoms with Gasteiger partial charge in [-0.05, 0) is 56.1 Å². The van der Waals surface area contributed by atoms with Crippen LogP contribution in [0.1, 0.15) is 54.9 Å². The quantitative estimate of drug-likeness (QED) is 0.873. The molecule has 2 N–H and O–H groups in total. The van der Waals surface area contributed by atoms with Crippen LogP contribution in [-0.2, 0) is 11.2 Å². The molecule has 1 aromatic rings. The molecule has 2 fully saturated rings. The summed E-state index contributed by atoms with van der Waals surface area (Å²) in [5, 5.41) is 6.67. The summed E-state index contributed by atoms with van der Waals surface area (Å²) in [4.78, 5) is 27.3. The molecule has 3 aliphatic rings. The Bertz CT molecular complexity index is 698. The van der Waals surface area contributed by atoms with Crippen LogP contribution in [0.2, 0.25) is 0 Å². The molecule has 1 aliphatic carbocycles. The highest BCUT2D eigenvalue weighted by Gasteiger charge is 2.36. The number of likely N-dealkylation sites (tertiary alicyclic amines) is 1. The van der Waals surface area contributed by atoms with Gasteiger partial charge in [0, 0.05) is 31.6 Å². The standard InChI is InChI=1S/C21H29N3O2/c1-2-14-13-24(12-10-18(14)23-20(25)16-8-9-16)21(26)17-7-3-5-15-6-4-11-22-19(15)17/h3,5,7,14,16,18,22H,2,4,6,8-13H2,1H3,(H,23,25)/t14-,18+/m1/s1. The van der Waals surface area contributed by atoms with Crippen molar-refractivity contribution >= 4 is 17.5 Å². The van der Waals surface area contributed by atoms with Crippen LogP contribution in [0.4, 0.5) is 5.69 Å². The zero-order valence-electron chi connectivity index (χ0n) is 15.6. The number of rotatable bonds is 4. The number of para-hydroxylation sites is 1.